The molecule has 0 saturated carbocycles. The molecule has 130 valence electrons. The van der Waals surface area contributed by atoms with Crippen LogP contribution in [0.2, 0.25) is 0 Å². The summed E-state index contributed by atoms with van der Waals surface area (Å²) in [6, 6.07) is 13.8. The second-order valence-corrected chi connectivity index (χ2v) is 6.92. The molecular weight excluding hydrogens is 334 g/mol. The Morgan fingerprint density at radius 3 is 2.68 bits per heavy atom. The third kappa shape index (κ3) is 4.15. The predicted octanol–water partition coefficient (Wildman–Crippen LogP) is 3.36. The molecule has 0 radical (unpaired) electrons. The maximum atomic E-state index is 12.9. The average Bonchev–Trinajstić information content (AvgIpc) is 3.28. The number of furan rings is 1. The summed E-state index contributed by atoms with van der Waals surface area (Å²) in [5.41, 5.74) is 7.39. The van der Waals surface area contributed by atoms with Gasteiger partial charge in [-0.1, -0.05) is 30.3 Å². The van der Waals surface area contributed by atoms with E-state index >= 15 is 0 Å². The molecule has 0 fully saturated rings. The normalized spacial score (nSPS) is 10.8. The van der Waals surface area contributed by atoms with Crippen LogP contribution in [0.25, 0.3) is 10.8 Å². The molecule has 0 unspecified atom stereocenters. The Hall–Kier alpha value is -2.44. The van der Waals surface area contributed by atoms with Crippen LogP contribution < -0.4 is 5.73 Å². The maximum Gasteiger partial charge on any atom is 0.273 e. The van der Waals surface area contributed by atoms with E-state index in [1.165, 1.54) is 16.9 Å². The largest absolute Gasteiger partial charge is 0.462 e. The van der Waals surface area contributed by atoms with Crippen molar-refractivity contribution in [3.63, 3.8) is 0 Å². The molecule has 0 aliphatic rings. The molecule has 0 bridgehead atoms. The van der Waals surface area contributed by atoms with E-state index in [0.29, 0.717) is 31.1 Å². The summed E-state index contributed by atoms with van der Waals surface area (Å²) in [5, 5.41) is 0.724. The van der Waals surface area contributed by atoms with Crippen molar-refractivity contribution < 1.29 is 9.21 Å². The third-order valence-electron chi connectivity index (χ3n) is 3.93. The number of thiazole rings is 1. The molecular formula is C19H21N3O2S. The summed E-state index contributed by atoms with van der Waals surface area (Å²) < 4.78 is 5.38. The summed E-state index contributed by atoms with van der Waals surface area (Å²) in [5.74, 6) is 0.606. The van der Waals surface area contributed by atoms with Gasteiger partial charge in [0.15, 0.2) is 10.8 Å². The fourth-order valence-corrected chi connectivity index (χ4v) is 3.50. The van der Waals surface area contributed by atoms with Crippen LogP contribution in [0.1, 0.15) is 20.9 Å². The van der Waals surface area contributed by atoms with Gasteiger partial charge >= 0.3 is 0 Å². The van der Waals surface area contributed by atoms with Crippen molar-refractivity contribution in [1.82, 2.24) is 9.88 Å². The number of carbonyl (C=O) groups excluding carboxylic acids is 1. The van der Waals surface area contributed by atoms with Crippen LogP contribution in [0.15, 0.2) is 53.1 Å². The highest BCUT2D eigenvalue weighted by Crippen LogP contribution is 2.28. The number of carbonyl (C=O) groups is 1. The minimum atomic E-state index is -0.0760. The van der Waals surface area contributed by atoms with Gasteiger partial charge < -0.3 is 15.1 Å². The molecule has 2 N–H and O–H groups in total. The van der Waals surface area contributed by atoms with Gasteiger partial charge in [0.25, 0.3) is 5.91 Å². The van der Waals surface area contributed by atoms with Crippen molar-refractivity contribution in [2.45, 2.75) is 13.3 Å². The van der Waals surface area contributed by atoms with Crippen molar-refractivity contribution >= 4 is 17.2 Å². The zero-order chi connectivity index (χ0) is 17.6. The predicted molar refractivity (Wildman–Crippen MR) is 99.7 cm³/mol. The quantitative estimate of drug-likeness (QED) is 0.705. The summed E-state index contributed by atoms with van der Waals surface area (Å²) in [7, 11) is 0. The fraction of sp³-hybridized carbons (Fsp3) is 0.263. The second-order valence-electron chi connectivity index (χ2n) is 5.72. The number of hydrogen-bond donors (Lipinski definition) is 1. The van der Waals surface area contributed by atoms with Crippen LogP contribution in [0.3, 0.4) is 0 Å². The smallest absolute Gasteiger partial charge is 0.273 e. The molecule has 0 saturated heterocycles. The zero-order valence-electron chi connectivity index (χ0n) is 14.1. The van der Waals surface area contributed by atoms with Gasteiger partial charge in [-0.25, -0.2) is 4.98 Å². The second kappa shape index (κ2) is 8.09. The number of amides is 1. The SMILES string of the molecule is Cc1sc(-c2ccco2)nc1C(=O)N(CCN)CCc1ccccc1. The fourth-order valence-electron chi connectivity index (χ4n) is 2.63. The molecule has 0 aliphatic carbocycles. The molecule has 0 spiro atoms. The first-order valence-electron chi connectivity index (χ1n) is 8.23. The lowest BCUT2D eigenvalue weighted by Crippen LogP contribution is -2.37. The van der Waals surface area contributed by atoms with Crippen molar-refractivity contribution in [3.8, 4) is 10.8 Å². The molecule has 0 atom stereocenters. The maximum absolute atomic E-state index is 12.9. The van der Waals surface area contributed by atoms with Crippen LogP contribution in [-0.4, -0.2) is 35.4 Å². The Bertz CT molecular complexity index is 813. The van der Waals surface area contributed by atoms with E-state index in [4.69, 9.17) is 10.2 Å². The van der Waals surface area contributed by atoms with E-state index in [1.54, 1.807) is 11.2 Å². The lowest BCUT2D eigenvalue weighted by atomic mass is 10.1. The van der Waals surface area contributed by atoms with Crippen LogP contribution >= 0.6 is 11.3 Å². The molecule has 2 aromatic heterocycles. The number of aromatic nitrogens is 1. The lowest BCUT2D eigenvalue weighted by Gasteiger charge is -2.21. The van der Waals surface area contributed by atoms with Crippen LogP contribution in [0, 0.1) is 6.92 Å². The summed E-state index contributed by atoms with van der Waals surface area (Å²) in [4.78, 5) is 20.1. The number of nitrogens with zero attached hydrogens (tertiary/aromatic N) is 2. The number of benzene rings is 1. The standard InChI is InChI=1S/C19H21N3O2S/c1-14-17(21-18(25-14)16-8-5-13-24-16)19(23)22(12-10-20)11-9-15-6-3-2-4-7-15/h2-8,13H,9-12,20H2,1H3. The Morgan fingerprint density at radius 2 is 2.00 bits per heavy atom. The first kappa shape index (κ1) is 17.4. The van der Waals surface area contributed by atoms with Crippen molar-refractivity contribution in [1.29, 1.82) is 0 Å². The molecule has 25 heavy (non-hydrogen) atoms. The van der Waals surface area contributed by atoms with Crippen molar-refractivity contribution in [3.05, 3.63) is 64.9 Å². The monoisotopic (exact) mass is 355 g/mol. The molecule has 1 aromatic carbocycles. The molecule has 5 nitrogen and oxygen atoms in total. The van der Waals surface area contributed by atoms with E-state index in [9.17, 15) is 4.79 Å². The highest BCUT2D eigenvalue weighted by Gasteiger charge is 2.22. The highest BCUT2D eigenvalue weighted by molar-refractivity contribution is 7.15. The number of hydrogen-bond acceptors (Lipinski definition) is 5. The van der Waals surface area contributed by atoms with Crippen LogP contribution in [0.5, 0.6) is 0 Å². The Morgan fingerprint density at radius 1 is 1.20 bits per heavy atom. The van der Waals surface area contributed by atoms with Gasteiger partial charge in [0.05, 0.1) is 6.26 Å². The van der Waals surface area contributed by atoms with Gasteiger partial charge in [0.1, 0.15) is 5.69 Å². The van der Waals surface area contributed by atoms with Crippen molar-refractivity contribution in [2.24, 2.45) is 5.73 Å². The molecule has 0 aliphatic heterocycles. The summed E-state index contributed by atoms with van der Waals surface area (Å²) >= 11 is 1.47. The van der Waals surface area contributed by atoms with Gasteiger partial charge in [-0.3, -0.25) is 4.79 Å². The van der Waals surface area contributed by atoms with Gasteiger partial charge in [0.2, 0.25) is 0 Å². The minimum Gasteiger partial charge on any atom is -0.462 e. The molecule has 3 rings (SSSR count). The van der Waals surface area contributed by atoms with Gasteiger partial charge in [-0.15, -0.1) is 11.3 Å². The van der Waals surface area contributed by atoms with Crippen LogP contribution in [-0.2, 0) is 6.42 Å². The van der Waals surface area contributed by atoms with E-state index in [2.05, 4.69) is 17.1 Å². The minimum absolute atomic E-state index is 0.0760. The molecule has 6 heteroatoms. The first-order valence-corrected chi connectivity index (χ1v) is 9.05. The van der Waals surface area contributed by atoms with Gasteiger partial charge in [-0.05, 0) is 31.0 Å². The van der Waals surface area contributed by atoms with Crippen molar-refractivity contribution in [2.75, 3.05) is 19.6 Å². The van der Waals surface area contributed by atoms with E-state index < -0.39 is 0 Å². The number of rotatable bonds is 7. The summed E-state index contributed by atoms with van der Waals surface area (Å²) in [6.07, 6.45) is 2.40. The highest BCUT2D eigenvalue weighted by atomic mass is 32.1. The van der Waals surface area contributed by atoms with Gasteiger partial charge in [-0.2, -0.15) is 0 Å². The number of nitrogens with two attached hydrogens (primary N) is 1. The molecule has 3 aromatic rings. The average molecular weight is 355 g/mol. The summed E-state index contributed by atoms with van der Waals surface area (Å²) in [6.45, 7) is 3.47. The zero-order valence-corrected chi connectivity index (χ0v) is 15.0. The van der Waals surface area contributed by atoms with E-state index in [-0.39, 0.29) is 5.91 Å². The Kier molecular flexibility index (Phi) is 5.63. The van der Waals surface area contributed by atoms with E-state index in [0.717, 1.165) is 16.3 Å². The lowest BCUT2D eigenvalue weighted by molar-refractivity contribution is 0.0756. The molecule has 2 heterocycles. The Balaban J connectivity index is 1.76. The first-order chi connectivity index (χ1) is 12.2. The topological polar surface area (TPSA) is 72.4 Å². The molecule has 1 amide bonds. The van der Waals surface area contributed by atoms with Crippen LogP contribution in [0.4, 0.5) is 0 Å². The number of aryl methyl sites for hydroxylation is 1. The Labute approximate surface area is 151 Å². The third-order valence-corrected chi connectivity index (χ3v) is 4.92. The van der Waals surface area contributed by atoms with Gasteiger partial charge in [0, 0.05) is 24.5 Å². The van der Waals surface area contributed by atoms with E-state index in [1.807, 2.05) is 37.3 Å².